The molecule has 1 saturated heterocycles. The molecule has 2 heterocycles. The molecule has 1 aromatic carbocycles. The van der Waals surface area contributed by atoms with Gasteiger partial charge in [0.25, 0.3) is 0 Å². The Morgan fingerprint density at radius 2 is 2.37 bits per heavy atom. The van der Waals surface area contributed by atoms with Crippen molar-refractivity contribution in [2.24, 2.45) is 0 Å². The summed E-state index contributed by atoms with van der Waals surface area (Å²) in [6, 6.07) is 7.89. The fourth-order valence-corrected chi connectivity index (χ4v) is 2.29. The zero-order valence-corrected chi connectivity index (χ0v) is 10.6. The highest BCUT2D eigenvalue weighted by atomic mass is 16.6. The molecule has 2 aromatic rings. The topological polar surface area (TPSA) is 53.4 Å². The van der Waals surface area contributed by atoms with Crippen LogP contribution < -0.4 is 0 Å². The van der Waals surface area contributed by atoms with Gasteiger partial charge in [0.05, 0.1) is 23.9 Å². The summed E-state index contributed by atoms with van der Waals surface area (Å²) in [7, 11) is 0. The highest BCUT2D eigenvalue weighted by molar-refractivity contribution is 5.75. The van der Waals surface area contributed by atoms with Gasteiger partial charge in [-0.1, -0.05) is 12.1 Å². The van der Waals surface area contributed by atoms with Crippen LogP contribution in [0.15, 0.2) is 30.6 Å². The van der Waals surface area contributed by atoms with E-state index in [1.807, 2.05) is 28.8 Å². The maximum absolute atomic E-state index is 11.7. The second-order valence-electron chi connectivity index (χ2n) is 4.60. The molecule has 5 nitrogen and oxygen atoms in total. The Labute approximate surface area is 111 Å². The summed E-state index contributed by atoms with van der Waals surface area (Å²) in [5, 5.41) is 0. The van der Waals surface area contributed by atoms with E-state index in [1.54, 1.807) is 6.33 Å². The molecule has 100 valence electrons. The SMILES string of the molecule is O=C(OCCn1cnc2ccccc21)C1CCCO1. The van der Waals surface area contributed by atoms with Gasteiger partial charge in [-0.3, -0.25) is 0 Å². The third kappa shape index (κ3) is 2.61. The van der Waals surface area contributed by atoms with E-state index in [0.29, 0.717) is 19.8 Å². The highest BCUT2D eigenvalue weighted by Crippen LogP contribution is 2.14. The van der Waals surface area contributed by atoms with Crippen molar-refractivity contribution >= 4 is 17.0 Å². The van der Waals surface area contributed by atoms with E-state index in [1.165, 1.54) is 0 Å². The van der Waals surface area contributed by atoms with Crippen LogP contribution in [0.2, 0.25) is 0 Å². The van der Waals surface area contributed by atoms with Gasteiger partial charge < -0.3 is 14.0 Å². The largest absolute Gasteiger partial charge is 0.462 e. The van der Waals surface area contributed by atoms with Crippen molar-refractivity contribution in [3.8, 4) is 0 Å². The first-order valence-corrected chi connectivity index (χ1v) is 6.53. The number of imidazole rings is 1. The van der Waals surface area contributed by atoms with Gasteiger partial charge in [-0.2, -0.15) is 0 Å². The number of para-hydroxylation sites is 2. The van der Waals surface area contributed by atoms with Crippen molar-refractivity contribution in [2.75, 3.05) is 13.2 Å². The van der Waals surface area contributed by atoms with E-state index >= 15 is 0 Å². The van der Waals surface area contributed by atoms with Crippen LogP contribution >= 0.6 is 0 Å². The monoisotopic (exact) mass is 260 g/mol. The summed E-state index contributed by atoms with van der Waals surface area (Å²) in [5.41, 5.74) is 2.00. The summed E-state index contributed by atoms with van der Waals surface area (Å²) in [6.07, 6.45) is 3.11. The molecule has 0 radical (unpaired) electrons. The van der Waals surface area contributed by atoms with Gasteiger partial charge in [0, 0.05) is 6.61 Å². The maximum atomic E-state index is 11.7. The number of fused-ring (bicyclic) bond motifs is 1. The number of rotatable bonds is 4. The molecule has 1 atom stereocenters. The van der Waals surface area contributed by atoms with Crippen LogP contribution in [-0.4, -0.2) is 34.8 Å². The van der Waals surface area contributed by atoms with Crippen LogP contribution in [0.5, 0.6) is 0 Å². The van der Waals surface area contributed by atoms with Gasteiger partial charge in [0.15, 0.2) is 6.10 Å². The molecule has 1 fully saturated rings. The van der Waals surface area contributed by atoms with E-state index in [2.05, 4.69) is 4.98 Å². The highest BCUT2D eigenvalue weighted by Gasteiger charge is 2.24. The number of aromatic nitrogens is 2. The first-order valence-electron chi connectivity index (χ1n) is 6.53. The van der Waals surface area contributed by atoms with E-state index in [4.69, 9.17) is 9.47 Å². The lowest BCUT2D eigenvalue weighted by molar-refractivity contribution is -0.154. The van der Waals surface area contributed by atoms with Crippen LogP contribution in [0, 0.1) is 0 Å². The van der Waals surface area contributed by atoms with E-state index in [0.717, 1.165) is 23.9 Å². The average Bonchev–Trinajstić information content (AvgIpc) is 3.08. The molecule has 0 saturated carbocycles. The molecule has 19 heavy (non-hydrogen) atoms. The number of ether oxygens (including phenoxy) is 2. The number of esters is 1. The molecule has 0 bridgehead atoms. The van der Waals surface area contributed by atoms with Gasteiger partial charge in [-0.15, -0.1) is 0 Å². The van der Waals surface area contributed by atoms with E-state index in [9.17, 15) is 4.79 Å². The minimum Gasteiger partial charge on any atom is -0.462 e. The zero-order valence-electron chi connectivity index (χ0n) is 10.6. The van der Waals surface area contributed by atoms with Crippen LogP contribution in [0.25, 0.3) is 11.0 Å². The fraction of sp³-hybridized carbons (Fsp3) is 0.429. The van der Waals surface area contributed by atoms with Crippen LogP contribution in [-0.2, 0) is 20.8 Å². The van der Waals surface area contributed by atoms with Crippen LogP contribution in [0.4, 0.5) is 0 Å². The summed E-state index contributed by atoms with van der Waals surface area (Å²) in [5.74, 6) is -0.248. The standard InChI is InChI=1S/C14H16N2O3/c17-14(13-6-3-8-18-13)19-9-7-16-10-15-11-4-1-2-5-12(11)16/h1-2,4-5,10,13H,3,6-9H2. The van der Waals surface area contributed by atoms with Crippen LogP contribution in [0.1, 0.15) is 12.8 Å². The summed E-state index contributed by atoms with van der Waals surface area (Å²) < 4.78 is 12.5. The van der Waals surface area contributed by atoms with Crippen molar-refractivity contribution in [1.82, 2.24) is 9.55 Å². The lowest BCUT2D eigenvalue weighted by Crippen LogP contribution is -2.23. The second-order valence-corrected chi connectivity index (χ2v) is 4.60. The van der Waals surface area contributed by atoms with Gasteiger partial charge in [0.2, 0.25) is 0 Å². The van der Waals surface area contributed by atoms with Crippen molar-refractivity contribution < 1.29 is 14.3 Å². The average molecular weight is 260 g/mol. The Kier molecular flexibility index (Phi) is 3.46. The Morgan fingerprint density at radius 3 is 3.21 bits per heavy atom. The van der Waals surface area contributed by atoms with E-state index in [-0.39, 0.29) is 12.1 Å². The third-order valence-corrected chi connectivity index (χ3v) is 3.30. The molecule has 1 aliphatic rings. The Hall–Kier alpha value is -1.88. The van der Waals surface area contributed by atoms with Crippen LogP contribution in [0.3, 0.4) is 0 Å². The lowest BCUT2D eigenvalue weighted by atomic mass is 10.2. The lowest BCUT2D eigenvalue weighted by Gasteiger charge is -2.10. The molecule has 0 spiro atoms. The summed E-state index contributed by atoms with van der Waals surface area (Å²) in [6.45, 7) is 1.62. The predicted molar refractivity (Wildman–Crippen MR) is 69.7 cm³/mol. The van der Waals surface area contributed by atoms with Crippen molar-refractivity contribution in [3.05, 3.63) is 30.6 Å². The smallest absolute Gasteiger partial charge is 0.335 e. The molecular formula is C14H16N2O3. The summed E-state index contributed by atoms with van der Waals surface area (Å²) >= 11 is 0. The number of carbonyl (C=O) groups excluding carboxylic acids is 1. The second kappa shape index (κ2) is 5.40. The van der Waals surface area contributed by atoms with Crippen molar-refractivity contribution in [2.45, 2.75) is 25.5 Å². The first-order chi connectivity index (χ1) is 9.34. The molecule has 3 rings (SSSR count). The number of benzene rings is 1. The minimum atomic E-state index is -0.362. The first kappa shape index (κ1) is 12.2. The molecule has 0 amide bonds. The van der Waals surface area contributed by atoms with Crippen molar-refractivity contribution in [3.63, 3.8) is 0 Å². The predicted octanol–water partition coefficient (Wildman–Crippen LogP) is 1.76. The Morgan fingerprint density at radius 1 is 1.47 bits per heavy atom. The Bertz CT molecular complexity index is 573. The molecule has 5 heteroatoms. The quantitative estimate of drug-likeness (QED) is 0.786. The molecule has 1 unspecified atom stereocenters. The van der Waals surface area contributed by atoms with Gasteiger partial charge in [-0.25, -0.2) is 9.78 Å². The number of hydrogen-bond acceptors (Lipinski definition) is 4. The number of carbonyl (C=O) groups is 1. The molecule has 1 aromatic heterocycles. The molecule has 1 aliphatic heterocycles. The molecule has 0 N–H and O–H groups in total. The summed E-state index contributed by atoms with van der Waals surface area (Å²) in [4.78, 5) is 16.0. The molecule has 0 aliphatic carbocycles. The van der Waals surface area contributed by atoms with Gasteiger partial charge in [-0.05, 0) is 25.0 Å². The maximum Gasteiger partial charge on any atom is 0.335 e. The van der Waals surface area contributed by atoms with Gasteiger partial charge >= 0.3 is 5.97 Å². The Balaban J connectivity index is 1.56. The zero-order chi connectivity index (χ0) is 13.1. The van der Waals surface area contributed by atoms with E-state index < -0.39 is 0 Å². The number of nitrogens with zero attached hydrogens (tertiary/aromatic N) is 2. The molecular weight excluding hydrogens is 244 g/mol. The minimum absolute atomic E-state index is 0.248. The fourth-order valence-electron chi connectivity index (χ4n) is 2.29. The van der Waals surface area contributed by atoms with Crippen molar-refractivity contribution in [1.29, 1.82) is 0 Å². The number of hydrogen-bond donors (Lipinski definition) is 0. The third-order valence-electron chi connectivity index (χ3n) is 3.30. The van der Waals surface area contributed by atoms with Gasteiger partial charge in [0.1, 0.15) is 6.61 Å². The normalized spacial score (nSPS) is 18.8.